The fourth-order valence-corrected chi connectivity index (χ4v) is 3.90. The number of amides is 2. The summed E-state index contributed by atoms with van der Waals surface area (Å²) in [5.74, 6) is -1.46. The Morgan fingerprint density at radius 1 is 0.758 bits per heavy atom. The second-order valence-electron chi connectivity index (χ2n) is 7.07. The number of H-pyrrole nitrogens is 2. The number of nitrogens with one attached hydrogen (secondary N) is 2. The molecule has 4 N–H and O–H groups in total. The maximum absolute atomic E-state index is 12.0. The number of nitrogens with zero attached hydrogens (tertiary/aromatic N) is 4. The zero-order chi connectivity index (χ0) is 23.5. The lowest BCUT2D eigenvalue weighted by Gasteiger charge is -1.95. The fourth-order valence-electron chi connectivity index (χ4n) is 3.18. The van der Waals surface area contributed by atoms with Gasteiger partial charge in [0.2, 0.25) is 11.8 Å². The van der Waals surface area contributed by atoms with E-state index in [2.05, 4.69) is 62.3 Å². The van der Waals surface area contributed by atoms with Crippen LogP contribution in [0, 0.1) is 0 Å². The average molecular weight is 576 g/mol. The topological polar surface area (TPSA) is 156 Å². The smallest absolute Gasteiger partial charge is 0.264 e. The minimum absolute atomic E-state index is 0.0249. The number of aromatic amines is 2. The molecule has 4 rings (SSSR count). The lowest BCUT2D eigenvalue weighted by molar-refractivity contribution is -0.119. The number of hydrogen-bond acceptors (Lipinski definition) is 6. The van der Waals surface area contributed by atoms with Gasteiger partial charge in [0.1, 0.15) is 0 Å². The molecule has 168 valence electrons. The van der Waals surface area contributed by atoms with Gasteiger partial charge < -0.3 is 20.2 Å². The van der Waals surface area contributed by atoms with E-state index < -0.39 is 11.8 Å². The zero-order valence-corrected chi connectivity index (χ0v) is 20.0. The highest BCUT2D eigenvalue weighted by molar-refractivity contribution is 9.10. The molecule has 2 aromatic carbocycles. The molecule has 10 nitrogen and oxygen atoms in total. The van der Waals surface area contributed by atoms with Crippen LogP contribution >= 0.6 is 31.9 Å². The van der Waals surface area contributed by atoms with Gasteiger partial charge in [-0.2, -0.15) is 0 Å². The number of carbonyl (C=O) groups excluding carboxylic acids is 2. The van der Waals surface area contributed by atoms with Crippen molar-refractivity contribution in [3.63, 3.8) is 0 Å². The fraction of sp³-hybridized carbons (Fsp3) is 0.143. The minimum atomic E-state index is -0.539. The molecule has 12 heteroatoms. The van der Waals surface area contributed by atoms with Crippen LogP contribution in [0.25, 0.3) is 21.8 Å². The first kappa shape index (κ1) is 22.8. The minimum Gasteiger partial charge on any atom is -0.493 e. The van der Waals surface area contributed by atoms with Gasteiger partial charge >= 0.3 is 0 Å². The number of fused-ring (bicyclic) bond motifs is 2. The Hall–Kier alpha value is -3.38. The molecule has 0 unspecified atom stereocenters. The van der Waals surface area contributed by atoms with Crippen molar-refractivity contribution in [3.05, 3.63) is 45.3 Å². The van der Waals surface area contributed by atoms with Crippen molar-refractivity contribution in [1.29, 1.82) is 0 Å². The van der Waals surface area contributed by atoms with Gasteiger partial charge in [0.05, 0.1) is 11.0 Å². The van der Waals surface area contributed by atoms with Crippen LogP contribution < -0.4 is 0 Å². The third-order valence-electron chi connectivity index (χ3n) is 4.73. The van der Waals surface area contributed by atoms with E-state index in [9.17, 15) is 19.8 Å². The second kappa shape index (κ2) is 9.63. The zero-order valence-electron chi connectivity index (χ0n) is 16.8. The summed E-state index contributed by atoms with van der Waals surface area (Å²) in [6.07, 6.45) is 0.151. The SMILES string of the molecule is O=C(CCCC(=O)N=Nc1c(O)[nH]c2ccc(Br)cc12)N=Nc1c(O)[nH]c2ccc(Br)cc12. The van der Waals surface area contributed by atoms with Gasteiger partial charge in [0.25, 0.3) is 11.8 Å². The molecule has 2 aromatic heterocycles. The van der Waals surface area contributed by atoms with Gasteiger partial charge in [-0.05, 0) is 42.8 Å². The van der Waals surface area contributed by atoms with E-state index in [4.69, 9.17) is 0 Å². The number of aromatic nitrogens is 2. The van der Waals surface area contributed by atoms with Gasteiger partial charge in [-0.3, -0.25) is 9.59 Å². The van der Waals surface area contributed by atoms with Crippen LogP contribution in [0.4, 0.5) is 11.4 Å². The van der Waals surface area contributed by atoms with Crippen molar-refractivity contribution in [1.82, 2.24) is 9.97 Å². The first-order valence-corrected chi connectivity index (χ1v) is 11.3. The summed E-state index contributed by atoms with van der Waals surface area (Å²) in [5, 5.41) is 36.2. The van der Waals surface area contributed by atoms with Crippen molar-refractivity contribution in [2.45, 2.75) is 19.3 Å². The molecule has 0 atom stereocenters. The van der Waals surface area contributed by atoms with Gasteiger partial charge in [-0.1, -0.05) is 31.9 Å². The number of hydrogen-bond donors (Lipinski definition) is 4. The van der Waals surface area contributed by atoms with Crippen LogP contribution in [0.15, 0.2) is 65.8 Å². The van der Waals surface area contributed by atoms with Gasteiger partial charge in [-0.25, -0.2) is 0 Å². The van der Waals surface area contributed by atoms with Gasteiger partial charge in [0.15, 0.2) is 11.4 Å². The number of rotatable bonds is 6. The Balaban J connectivity index is 1.33. The summed E-state index contributed by atoms with van der Waals surface area (Å²) in [7, 11) is 0. The molecule has 33 heavy (non-hydrogen) atoms. The standard InChI is InChI=1S/C21H16Br2N6O4/c22-10-4-6-14-12(8-10)18(20(32)24-14)28-26-16(30)2-1-3-17(31)27-29-19-13-9-11(23)5-7-15(13)25-21(19)33/h4-9,24-25,32-33H,1-3H2. The molecule has 0 aliphatic rings. The summed E-state index contributed by atoms with van der Waals surface area (Å²) in [5.41, 5.74) is 1.63. The Morgan fingerprint density at radius 2 is 1.18 bits per heavy atom. The van der Waals surface area contributed by atoms with Crippen LogP contribution in [0.1, 0.15) is 19.3 Å². The molecule has 0 radical (unpaired) electrons. The van der Waals surface area contributed by atoms with E-state index in [1.807, 2.05) is 0 Å². The molecule has 0 fully saturated rings. The predicted molar refractivity (Wildman–Crippen MR) is 128 cm³/mol. The first-order chi connectivity index (χ1) is 15.8. The number of aromatic hydroxyl groups is 2. The number of halogens is 2. The number of benzene rings is 2. The summed E-state index contributed by atoms with van der Waals surface area (Å²) >= 11 is 6.69. The van der Waals surface area contributed by atoms with E-state index in [-0.39, 0.29) is 42.4 Å². The Kier molecular flexibility index (Phi) is 6.65. The Bertz CT molecular complexity index is 1330. The first-order valence-electron chi connectivity index (χ1n) is 9.71. The van der Waals surface area contributed by atoms with E-state index in [0.29, 0.717) is 21.8 Å². The average Bonchev–Trinajstić information content (AvgIpc) is 3.25. The third kappa shape index (κ3) is 5.17. The number of azo groups is 2. The molecule has 4 aromatic rings. The quantitative estimate of drug-likeness (QED) is 0.189. The maximum atomic E-state index is 12.0. The third-order valence-corrected chi connectivity index (χ3v) is 5.72. The second-order valence-corrected chi connectivity index (χ2v) is 8.90. The number of carbonyl (C=O) groups is 2. The van der Waals surface area contributed by atoms with Crippen LogP contribution in [-0.2, 0) is 9.59 Å². The summed E-state index contributed by atoms with van der Waals surface area (Å²) in [6.45, 7) is 0. The molecule has 2 amide bonds. The highest BCUT2D eigenvalue weighted by Gasteiger charge is 2.13. The molecule has 0 aliphatic heterocycles. The summed E-state index contributed by atoms with van der Waals surface area (Å²) < 4.78 is 1.58. The summed E-state index contributed by atoms with van der Waals surface area (Å²) in [6, 6.07) is 10.6. The predicted octanol–water partition coefficient (Wildman–Crippen LogP) is 6.68. The largest absolute Gasteiger partial charge is 0.493 e. The van der Waals surface area contributed by atoms with E-state index in [1.54, 1.807) is 36.4 Å². The van der Waals surface area contributed by atoms with Crippen LogP contribution in [-0.4, -0.2) is 32.0 Å². The normalized spacial score (nSPS) is 11.9. The van der Waals surface area contributed by atoms with Gasteiger partial charge in [-0.15, -0.1) is 20.5 Å². The van der Waals surface area contributed by atoms with Gasteiger partial charge in [0, 0.05) is 32.6 Å². The molecule has 0 bridgehead atoms. The lowest BCUT2D eigenvalue weighted by Crippen LogP contribution is -1.96. The highest BCUT2D eigenvalue weighted by atomic mass is 79.9. The molecule has 0 saturated carbocycles. The molecular formula is C21H16Br2N6O4. The van der Waals surface area contributed by atoms with Crippen LogP contribution in [0.2, 0.25) is 0 Å². The van der Waals surface area contributed by atoms with Crippen molar-refractivity contribution in [2.24, 2.45) is 20.5 Å². The summed E-state index contributed by atoms with van der Waals surface area (Å²) in [4.78, 5) is 29.6. The van der Waals surface area contributed by atoms with Crippen molar-refractivity contribution < 1.29 is 19.8 Å². The molecule has 0 spiro atoms. The Labute approximate surface area is 203 Å². The lowest BCUT2D eigenvalue weighted by atomic mass is 10.2. The van der Waals surface area contributed by atoms with Crippen LogP contribution in [0.3, 0.4) is 0 Å². The molecular weight excluding hydrogens is 560 g/mol. The van der Waals surface area contributed by atoms with Crippen molar-refractivity contribution >= 4 is 76.9 Å². The molecule has 2 heterocycles. The van der Waals surface area contributed by atoms with E-state index in [1.165, 1.54) is 0 Å². The molecule has 0 aliphatic carbocycles. The molecule has 0 saturated heterocycles. The van der Waals surface area contributed by atoms with E-state index >= 15 is 0 Å². The monoisotopic (exact) mass is 574 g/mol. The Morgan fingerprint density at radius 3 is 1.61 bits per heavy atom. The van der Waals surface area contributed by atoms with Crippen molar-refractivity contribution in [2.75, 3.05) is 0 Å². The van der Waals surface area contributed by atoms with E-state index in [0.717, 1.165) is 8.95 Å². The van der Waals surface area contributed by atoms with Crippen molar-refractivity contribution in [3.8, 4) is 11.8 Å². The highest BCUT2D eigenvalue weighted by Crippen LogP contribution is 2.38. The maximum Gasteiger partial charge on any atom is 0.264 e. The van der Waals surface area contributed by atoms with Crippen LogP contribution in [0.5, 0.6) is 11.8 Å².